The summed E-state index contributed by atoms with van der Waals surface area (Å²) >= 11 is 0. The van der Waals surface area contributed by atoms with Crippen molar-refractivity contribution in [1.82, 2.24) is 10.2 Å². The van der Waals surface area contributed by atoms with Gasteiger partial charge in [-0.3, -0.25) is 5.32 Å². The van der Waals surface area contributed by atoms with Crippen molar-refractivity contribution >= 4 is 0 Å². The first-order chi connectivity index (χ1) is 9.32. The average molecular weight is 255 g/mol. The molecule has 0 radical (unpaired) electrons. The molecule has 19 heavy (non-hydrogen) atoms. The highest BCUT2D eigenvalue weighted by Crippen LogP contribution is 2.30. The lowest BCUT2D eigenvalue weighted by atomic mass is 9.90. The maximum Gasteiger partial charge on any atom is 0.145 e. The summed E-state index contributed by atoms with van der Waals surface area (Å²) in [7, 11) is 0. The van der Waals surface area contributed by atoms with E-state index < -0.39 is 5.54 Å². The molecule has 0 aromatic heterocycles. The Bertz CT molecular complexity index is 455. The number of rotatable bonds is 5. The van der Waals surface area contributed by atoms with Gasteiger partial charge in [-0.25, -0.2) is 0 Å². The van der Waals surface area contributed by atoms with Gasteiger partial charge in [0.2, 0.25) is 0 Å². The Kier molecular flexibility index (Phi) is 3.54. The second-order valence-corrected chi connectivity index (χ2v) is 5.79. The summed E-state index contributed by atoms with van der Waals surface area (Å²) in [6, 6.07) is 13.3. The van der Waals surface area contributed by atoms with Crippen LogP contribution in [-0.2, 0) is 5.54 Å². The molecule has 1 saturated carbocycles. The van der Waals surface area contributed by atoms with Crippen molar-refractivity contribution in [3.8, 4) is 6.07 Å². The molecule has 2 fully saturated rings. The van der Waals surface area contributed by atoms with E-state index >= 15 is 0 Å². The van der Waals surface area contributed by atoms with E-state index in [1.165, 1.54) is 25.7 Å². The monoisotopic (exact) mass is 255 g/mol. The van der Waals surface area contributed by atoms with Crippen LogP contribution in [0.4, 0.5) is 0 Å². The van der Waals surface area contributed by atoms with Crippen molar-refractivity contribution in [2.45, 2.75) is 37.3 Å². The van der Waals surface area contributed by atoms with Gasteiger partial charge in [0, 0.05) is 12.6 Å². The minimum Gasteiger partial charge on any atom is -0.300 e. The fraction of sp³-hybridized carbons (Fsp3) is 0.562. The van der Waals surface area contributed by atoms with E-state index in [0.29, 0.717) is 6.04 Å². The highest BCUT2D eigenvalue weighted by atomic mass is 15.2. The van der Waals surface area contributed by atoms with Crippen LogP contribution in [0.5, 0.6) is 0 Å². The molecule has 3 nitrogen and oxygen atoms in total. The third-order valence-electron chi connectivity index (χ3n) is 4.14. The molecule has 1 aliphatic carbocycles. The first kappa shape index (κ1) is 12.7. The van der Waals surface area contributed by atoms with Gasteiger partial charge in [-0.2, -0.15) is 5.26 Å². The van der Waals surface area contributed by atoms with Crippen LogP contribution in [0.25, 0.3) is 0 Å². The van der Waals surface area contributed by atoms with Crippen molar-refractivity contribution < 1.29 is 0 Å². The molecule has 1 saturated heterocycles. The predicted molar refractivity (Wildman–Crippen MR) is 75.6 cm³/mol. The lowest BCUT2D eigenvalue weighted by Gasteiger charge is -2.32. The largest absolute Gasteiger partial charge is 0.300 e. The summed E-state index contributed by atoms with van der Waals surface area (Å²) in [4.78, 5) is 2.42. The van der Waals surface area contributed by atoms with Gasteiger partial charge >= 0.3 is 0 Å². The van der Waals surface area contributed by atoms with Crippen molar-refractivity contribution in [1.29, 1.82) is 5.26 Å². The van der Waals surface area contributed by atoms with E-state index in [1.54, 1.807) is 0 Å². The van der Waals surface area contributed by atoms with Crippen LogP contribution in [0.1, 0.15) is 31.2 Å². The maximum atomic E-state index is 9.83. The quantitative estimate of drug-likeness (QED) is 0.877. The molecule has 2 aliphatic rings. The Morgan fingerprint density at radius 2 is 1.89 bits per heavy atom. The molecule has 1 aromatic carbocycles. The number of benzene rings is 1. The molecule has 1 atom stereocenters. The van der Waals surface area contributed by atoms with E-state index in [9.17, 15) is 5.26 Å². The topological polar surface area (TPSA) is 39.1 Å². The van der Waals surface area contributed by atoms with Crippen LogP contribution in [-0.4, -0.2) is 30.6 Å². The summed E-state index contributed by atoms with van der Waals surface area (Å²) in [6.07, 6.45) is 4.94. The number of nitriles is 1. The van der Waals surface area contributed by atoms with Crippen molar-refractivity contribution in [2.24, 2.45) is 0 Å². The Morgan fingerprint density at radius 3 is 2.47 bits per heavy atom. The zero-order valence-corrected chi connectivity index (χ0v) is 11.3. The van der Waals surface area contributed by atoms with Crippen LogP contribution < -0.4 is 5.32 Å². The first-order valence-corrected chi connectivity index (χ1v) is 7.29. The molecule has 1 unspecified atom stereocenters. The van der Waals surface area contributed by atoms with E-state index in [0.717, 1.165) is 25.2 Å². The number of hydrogen-bond acceptors (Lipinski definition) is 3. The van der Waals surface area contributed by atoms with Gasteiger partial charge in [0.15, 0.2) is 0 Å². The molecular formula is C16H21N3. The van der Waals surface area contributed by atoms with Crippen LogP contribution >= 0.6 is 0 Å². The molecule has 1 aromatic rings. The van der Waals surface area contributed by atoms with Crippen molar-refractivity contribution in [3.63, 3.8) is 0 Å². The standard InChI is InChI=1S/C16H21N3/c17-12-16(18-15-8-9-15,13-19-10-4-5-11-19)14-6-2-1-3-7-14/h1-3,6-7,15,18H,4-5,8-11,13H2. The number of nitrogens with zero attached hydrogens (tertiary/aromatic N) is 2. The smallest absolute Gasteiger partial charge is 0.145 e. The Balaban J connectivity index is 1.86. The normalized spacial score (nSPS) is 22.9. The molecule has 0 spiro atoms. The Labute approximate surface area is 115 Å². The highest BCUT2D eigenvalue weighted by molar-refractivity contribution is 5.33. The summed E-state index contributed by atoms with van der Waals surface area (Å²) in [5.74, 6) is 0. The SMILES string of the molecule is N#CC(CN1CCCC1)(NC1CC1)c1ccccc1. The Morgan fingerprint density at radius 1 is 1.21 bits per heavy atom. The summed E-state index contributed by atoms with van der Waals surface area (Å²) in [5, 5.41) is 13.4. The highest BCUT2D eigenvalue weighted by Gasteiger charge is 2.39. The van der Waals surface area contributed by atoms with Gasteiger partial charge in [0.05, 0.1) is 6.07 Å². The third-order valence-corrected chi connectivity index (χ3v) is 4.14. The molecule has 0 amide bonds. The zero-order chi connectivity index (χ0) is 13.1. The molecule has 3 rings (SSSR count). The summed E-state index contributed by atoms with van der Waals surface area (Å²) in [6.45, 7) is 3.06. The molecule has 3 heteroatoms. The summed E-state index contributed by atoms with van der Waals surface area (Å²) in [5.41, 5.74) is 0.573. The molecule has 1 N–H and O–H groups in total. The van der Waals surface area contributed by atoms with Crippen molar-refractivity contribution in [2.75, 3.05) is 19.6 Å². The van der Waals surface area contributed by atoms with E-state index in [2.05, 4.69) is 28.4 Å². The lowest BCUT2D eigenvalue weighted by molar-refractivity contribution is 0.248. The van der Waals surface area contributed by atoms with Gasteiger partial charge in [-0.15, -0.1) is 0 Å². The van der Waals surface area contributed by atoms with Crippen molar-refractivity contribution in [3.05, 3.63) is 35.9 Å². The molecule has 0 bridgehead atoms. The number of hydrogen-bond donors (Lipinski definition) is 1. The second-order valence-electron chi connectivity index (χ2n) is 5.79. The molecule has 100 valence electrons. The van der Waals surface area contributed by atoms with Crippen LogP contribution in [0.2, 0.25) is 0 Å². The van der Waals surface area contributed by atoms with E-state index in [1.807, 2.05) is 18.2 Å². The van der Waals surface area contributed by atoms with Crippen LogP contribution in [0.3, 0.4) is 0 Å². The average Bonchev–Trinajstić information content (AvgIpc) is 3.12. The van der Waals surface area contributed by atoms with Gasteiger partial charge in [-0.1, -0.05) is 30.3 Å². The second kappa shape index (κ2) is 5.32. The van der Waals surface area contributed by atoms with Crippen LogP contribution in [0.15, 0.2) is 30.3 Å². The lowest BCUT2D eigenvalue weighted by Crippen LogP contribution is -2.50. The van der Waals surface area contributed by atoms with Gasteiger partial charge in [-0.05, 0) is 44.3 Å². The summed E-state index contributed by atoms with van der Waals surface area (Å²) < 4.78 is 0. The fourth-order valence-corrected chi connectivity index (χ4v) is 2.93. The molecular weight excluding hydrogens is 234 g/mol. The fourth-order valence-electron chi connectivity index (χ4n) is 2.93. The maximum absolute atomic E-state index is 9.83. The van der Waals surface area contributed by atoms with Gasteiger partial charge in [0.1, 0.15) is 5.54 Å². The van der Waals surface area contributed by atoms with Gasteiger partial charge in [0.25, 0.3) is 0 Å². The van der Waals surface area contributed by atoms with Gasteiger partial charge < -0.3 is 4.90 Å². The number of nitrogens with one attached hydrogen (secondary N) is 1. The van der Waals surface area contributed by atoms with E-state index in [4.69, 9.17) is 0 Å². The zero-order valence-electron chi connectivity index (χ0n) is 11.3. The molecule has 1 heterocycles. The van der Waals surface area contributed by atoms with Crippen LogP contribution in [0, 0.1) is 11.3 Å². The number of likely N-dealkylation sites (tertiary alicyclic amines) is 1. The predicted octanol–water partition coefficient (Wildman–Crippen LogP) is 2.25. The Hall–Kier alpha value is -1.37. The minimum atomic E-state index is -0.535. The first-order valence-electron chi connectivity index (χ1n) is 7.29. The molecule has 1 aliphatic heterocycles. The van der Waals surface area contributed by atoms with E-state index in [-0.39, 0.29) is 0 Å². The minimum absolute atomic E-state index is 0.530. The third kappa shape index (κ3) is 2.80.